The van der Waals surface area contributed by atoms with Gasteiger partial charge in [0.05, 0.1) is 18.3 Å². The highest BCUT2D eigenvalue weighted by Crippen LogP contribution is 2.47. The first-order valence-electron chi connectivity index (χ1n) is 23.1. The van der Waals surface area contributed by atoms with E-state index in [9.17, 15) is 5.11 Å². The molecule has 10 nitrogen and oxygen atoms in total. The maximum absolute atomic E-state index is 10.3. The fourth-order valence-electron chi connectivity index (χ4n) is 11.0. The smallest absolute Gasteiger partial charge is 0.196 e. The Labute approximate surface area is 379 Å². The molecular formula is C53H56N8O2S. The van der Waals surface area contributed by atoms with Crippen molar-refractivity contribution in [1.29, 1.82) is 0 Å². The summed E-state index contributed by atoms with van der Waals surface area (Å²) in [6, 6.07) is 35.2. The molecule has 6 heterocycles. The predicted octanol–water partition coefficient (Wildman–Crippen LogP) is 9.98. The summed E-state index contributed by atoms with van der Waals surface area (Å²) in [5, 5.41) is 20.5. The number of fused-ring (bicyclic) bond motifs is 4. The van der Waals surface area contributed by atoms with E-state index in [4.69, 9.17) is 9.41 Å². The molecule has 2 saturated heterocycles. The number of benzene rings is 4. The number of phenols is 1. The predicted molar refractivity (Wildman–Crippen MR) is 256 cm³/mol. The number of piperazine rings is 1. The van der Waals surface area contributed by atoms with Crippen molar-refractivity contribution >= 4 is 28.4 Å². The Balaban J connectivity index is 0.717. The summed E-state index contributed by atoms with van der Waals surface area (Å²) in [5.41, 5.74) is 12.5. The van der Waals surface area contributed by atoms with Crippen LogP contribution in [0.4, 0.5) is 11.4 Å². The van der Waals surface area contributed by atoms with E-state index in [-0.39, 0.29) is 12.0 Å². The first-order chi connectivity index (χ1) is 31.3. The summed E-state index contributed by atoms with van der Waals surface area (Å²) in [5.74, 6) is 4.10. The molecule has 326 valence electrons. The Kier molecular flexibility index (Phi) is 10.9. The van der Waals surface area contributed by atoms with Crippen LogP contribution in [0.25, 0.3) is 5.00 Å². The Morgan fingerprint density at radius 3 is 2.23 bits per heavy atom. The molecule has 0 saturated carbocycles. The van der Waals surface area contributed by atoms with Crippen LogP contribution in [0.15, 0.2) is 119 Å². The monoisotopic (exact) mass is 868 g/mol. The quantitative estimate of drug-likeness (QED) is 0.153. The van der Waals surface area contributed by atoms with Crippen LogP contribution < -0.4 is 9.80 Å². The average molecular weight is 869 g/mol. The van der Waals surface area contributed by atoms with E-state index in [0.717, 1.165) is 91.5 Å². The fourth-order valence-corrected chi connectivity index (χ4v) is 12.2. The fraction of sp³-hybridized carbons (Fsp3) is 0.358. The number of nitrogens with zero attached hydrogens (tertiary/aromatic N) is 8. The minimum atomic E-state index is -0.280. The molecule has 0 spiro atoms. The molecule has 0 amide bonds. The third kappa shape index (κ3) is 7.72. The molecule has 1 aliphatic carbocycles. The van der Waals surface area contributed by atoms with Gasteiger partial charge in [-0.15, -0.1) is 21.5 Å². The van der Waals surface area contributed by atoms with Crippen molar-refractivity contribution in [3.63, 3.8) is 0 Å². The highest BCUT2D eigenvalue weighted by molar-refractivity contribution is 7.15. The maximum atomic E-state index is 10.3. The molecule has 64 heavy (non-hydrogen) atoms. The molecule has 0 unspecified atom stereocenters. The molecule has 0 bridgehead atoms. The lowest BCUT2D eigenvalue weighted by Crippen LogP contribution is -2.49. The largest absolute Gasteiger partial charge is 0.508 e. The standard InChI is InChI=1S/C53H56N8O2S/c1-34-35(2)64-53-49(34)51(55-47(32-48-54-23-30-63-48)52-57-56-36(3)61(52)53)40-11-16-43(17-12-40)60-28-26-58(27-29-60)33-37-21-24-59(25-22-37)42-14-9-39(10-15-42)50-45(38-7-5-4-6-8-38)19-13-41-31-44(62)18-20-46(41)50/h4-12,14-18,20,23,30-31,37,45,47,50,62H,13,19,21-22,24-29,32-33H2,1-3H3/t45-,47+,50+/m0/s1. The number of aromatic hydroxyl groups is 1. The van der Waals surface area contributed by atoms with Crippen LogP contribution in [-0.2, 0) is 12.8 Å². The zero-order valence-corrected chi connectivity index (χ0v) is 37.8. The number of hydrogen-bond acceptors (Lipinski definition) is 10. The third-order valence-corrected chi connectivity index (χ3v) is 15.7. The van der Waals surface area contributed by atoms with Gasteiger partial charge < -0.3 is 19.3 Å². The second-order valence-electron chi connectivity index (χ2n) is 18.3. The Bertz CT molecular complexity index is 2760. The van der Waals surface area contributed by atoms with E-state index in [1.807, 2.05) is 19.1 Å². The summed E-state index contributed by atoms with van der Waals surface area (Å²) in [7, 11) is 0. The molecular weight excluding hydrogens is 813 g/mol. The number of thiophene rings is 1. The van der Waals surface area contributed by atoms with E-state index in [0.29, 0.717) is 24.0 Å². The van der Waals surface area contributed by atoms with E-state index in [2.05, 4.69) is 133 Å². The average Bonchev–Trinajstić information content (AvgIpc) is 4.04. The zero-order valence-electron chi connectivity index (χ0n) is 37.0. The van der Waals surface area contributed by atoms with Crippen LogP contribution in [0.3, 0.4) is 0 Å². The first kappa shape index (κ1) is 40.7. The number of hydrogen-bond donors (Lipinski definition) is 1. The second kappa shape index (κ2) is 17.2. The lowest BCUT2D eigenvalue weighted by Gasteiger charge is -2.40. The van der Waals surface area contributed by atoms with Gasteiger partial charge in [-0.1, -0.05) is 60.7 Å². The number of anilines is 2. The number of rotatable bonds is 9. The molecule has 11 rings (SSSR count). The van der Waals surface area contributed by atoms with Gasteiger partial charge in [-0.25, -0.2) is 4.98 Å². The summed E-state index contributed by atoms with van der Waals surface area (Å²) in [4.78, 5) is 19.0. The van der Waals surface area contributed by atoms with Crippen LogP contribution in [0.2, 0.25) is 0 Å². The molecule has 4 aromatic carbocycles. The van der Waals surface area contributed by atoms with E-state index >= 15 is 0 Å². The van der Waals surface area contributed by atoms with E-state index in [1.165, 1.54) is 63.5 Å². The van der Waals surface area contributed by atoms with Crippen molar-refractivity contribution in [2.75, 3.05) is 55.6 Å². The number of oxazole rings is 1. The third-order valence-electron chi connectivity index (χ3n) is 14.5. The van der Waals surface area contributed by atoms with Crippen LogP contribution in [0.5, 0.6) is 5.75 Å². The molecule has 3 aromatic heterocycles. The maximum Gasteiger partial charge on any atom is 0.196 e. The number of aryl methyl sites for hydroxylation is 3. The first-order valence-corrected chi connectivity index (χ1v) is 23.9. The molecule has 7 aromatic rings. The van der Waals surface area contributed by atoms with Gasteiger partial charge in [-0.3, -0.25) is 14.5 Å². The van der Waals surface area contributed by atoms with Crippen molar-refractivity contribution in [1.82, 2.24) is 24.6 Å². The van der Waals surface area contributed by atoms with Crippen LogP contribution in [0, 0.1) is 26.7 Å². The van der Waals surface area contributed by atoms with Gasteiger partial charge in [0.25, 0.3) is 0 Å². The molecule has 3 aliphatic heterocycles. The van der Waals surface area contributed by atoms with Gasteiger partial charge in [0.15, 0.2) is 11.7 Å². The molecule has 2 fully saturated rings. The number of aromatic nitrogens is 4. The lowest BCUT2D eigenvalue weighted by atomic mass is 9.69. The van der Waals surface area contributed by atoms with Crippen molar-refractivity contribution in [3.05, 3.63) is 171 Å². The zero-order chi connectivity index (χ0) is 43.3. The summed E-state index contributed by atoms with van der Waals surface area (Å²) < 4.78 is 7.87. The minimum absolute atomic E-state index is 0.274. The van der Waals surface area contributed by atoms with Crippen LogP contribution >= 0.6 is 11.3 Å². The minimum Gasteiger partial charge on any atom is -0.508 e. The van der Waals surface area contributed by atoms with Gasteiger partial charge in [0, 0.05) is 79.1 Å². The van der Waals surface area contributed by atoms with Crippen LogP contribution in [0.1, 0.15) is 98.5 Å². The highest BCUT2D eigenvalue weighted by Gasteiger charge is 2.34. The molecule has 4 aliphatic rings. The SMILES string of the molecule is Cc1sc2c(c1C)C(c1ccc(N3CCN(CC4CCN(c5ccc([C@H]6c7ccc(O)cc7CC[C@H]6c6ccccc6)cc5)CC4)CC3)cc1)=N[C@H](Cc1ncco1)c1nnc(C)n1-2. The second-order valence-corrected chi connectivity index (χ2v) is 19.5. The highest BCUT2D eigenvalue weighted by atomic mass is 32.1. The number of piperidine rings is 1. The van der Waals surface area contributed by atoms with Crippen LogP contribution in [-0.4, -0.2) is 81.3 Å². The number of phenolic OH excluding ortho intramolecular Hbond substituents is 1. The van der Waals surface area contributed by atoms with Crippen molar-refractivity contribution in [2.24, 2.45) is 10.9 Å². The van der Waals surface area contributed by atoms with E-state index < -0.39 is 0 Å². The summed E-state index contributed by atoms with van der Waals surface area (Å²) in [6.07, 6.45) is 8.34. The number of aliphatic imine (C=N–C) groups is 1. The normalized spacial score (nSPS) is 20.4. The van der Waals surface area contributed by atoms with Gasteiger partial charge in [0.2, 0.25) is 0 Å². The van der Waals surface area contributed by atoms with Gasteiger partial charge in [0.1, 0.15) is 28.9 Å². The van der Waals surface area contributed by atoms with Crippen molar-refractivity contribution in [2.45, 2.75) is 70.8 Å². The lowest BCUT2D eigenvalue weighted by molar-refractivity contribution is 0.201. The van der Waals surface area contributed by atoms with Gasteiger partial charge in [-0.2, -0.15) is 0 Å². The van der Waals surface area contributed by atoms with Gasteiger partial charge in [-0.05, 0) is 123 Å². The van der Waals surface area contributed by atoms with E-state index in [1.54, 1.807) is 23.8 Å². The van der Waals surface area contributed by atoms with Gasteiger partial charge >= 0.3 is 0 Å². The Morgan fingerprint density at radius 2 is 1.50 bits per heavy atom. The molecule has 0 radical (unpaired) electrons. The molecule has 11 heteroatoms. The topological polar surface area (TPSA) is 99.1 Å². The molecule has 1 N–H and O–H groups in total. The Hall–Kier alpha value is -6.04. The van der Waals surface area contributed by atoms with Crippen molar-refractivity contribution < 1.29 is 9.52 Å². The molecule has 3 atom stereocenters. The summed E-state index contributed by atoms with van der Waals surface area (Å²) in [6.45, 7) is 14.0. The van der Waals surface area contributed by atoms with Crippen molar-refractivity contribution in [3.8, 4) is 10.8 Å². The Morgan fingerprint density at radius 1 is 0.766 bits per heavy atom. The summed E-state index contributed by atoms with van der Waals surface area (Å²) >= 11 is 1.78.